The van der Waals surface area contributed by atoms with Crippen molar-refractivity contribution in [3.63, 3.8) is 0 Å². The fraction of sp³-hybridized carbons (Fsp3) is 0. The van der Waals surface area contributed by atoms with Crippen molar-refractivity contribution in [3.8, 4) is 12.3 Å². The third-order valence-corrected chi connectivity index (χ3v) is 2.31. The highest BCUT2D eigenvalue weighted by molar-refractivity contribution is 6.05. The van der Waals surface area contributed by atoms with Crippen molar-refractivity contribution in [2.45, 2.75) is 0 Å². The molecule has 0 aliphatic carbocycles. The van der Waals surface area contributed by atoms with E-state index in [1.807, 2.05) is 12.1 Å². The second-order valence-corrected chi connectivity index (χ2v) is 3.16. The van der Waals surface area contributed by atoms with Gasteiger partial charge in [-0.25, -0.2) is 4.79 Å². The van der Waals surface area contributed by atoms with E-state index in [9.17, 15) is 4.79 Å². The quantitative estimate of drug-likeness (QED) is 0.711. The topological polar surface area (TPSA) is 37.3 Å². The molecule has 0 heterocycles. The second kappa shape index (κ2) is 3.47. The predicted octanol–water partition coefficient (Wildman–Crippen LogP) is 2.52. The zero-order valence-electron chi connectivity index (χ0n) is 7.90. The molecule has 2 aromatic carbocycles. The van der Waals surface area contributed by atoms with Crippen molar-refractivity contribution in [2.24, 2.45) is 0 Å². The first-order valence-corrected chi connectivity index (χ1v) is 4.45. The van der Waals surface area contributed by atoms with Crippen molar-refractivity contribution in [3.05, 3.63) is 47.5 Å². The molecule has 0 aliphatic rings. The van der Waals surface area contributed by atoms with Crippen LogP contribution in [0, 0.1) is 12.3 Å². The van der Waals surface area contributed by atoms with Crippen LogP contribution in [0.1, 0.15) is 15.9 Å². The van der Waals surface area contributed by atoms with E-state index in [0.29, 0.717) is 5.39 Å². The summed E-state index contributed by atoms with van der Waals surface area (Å²) in [6.07, 6.45) is 5.34. The monoisotopic (exact) mass is 196 g/mol. The summed E-state index contributed by atoms with van der Waals surface area (Å²) in [6.45, 7) is 0. The minimum Gasteiger partial charge on any atom is -0.478 e. The number of fused-ring (bicyclic) bond motifs is 1. The van der Waals surface area contributed by atoms with Crippen molar-refractivity contribution in [1.82, 2.24) is 0 Å². The molecule has 2 aromatic rings. The lowest BCUT2D eigenvalue weighted by atomic mass is 10.00. The number of hydrogen-bond acceptors (Lipinski definition) is 1. The number of aromatic carboxylic acids is 1. The van der Waals surface area contributed by atoms with Crippen molar-refractivity contribution < 1.29 is 9.90 Å². The van der Waals surface area contributed by atoms with E-state index in [4.69, 9.17) is 11.5 Å². The third-order valence-electron chi connectivity index (χ3n) is 2.31. The molecule has 0 aromatic heterocycles. The molecule has 2 rings (SSSR count). The zero-order valence-corrected chi connectivity index (χ0v) is 7.90. The van der Waals surface area contributed by atoms with Crippen LogP contribution in [0.2, 0.25) is 0 Å². The Kier molecular flexibility index (Phi) is 2.15. The lowest BCUT2D eigenvalue weighted by molar-refractivity contribution is 0.0699. The number of hydrogen-bond donors (Lipinski definition) is 1. The minimum absolute atomic E-state index is 0.282. The van der Waals surface area contributed by atoms with Crippen LogP contribution in [0.3, 0.4) is 0 Å². The van der Waals surface area contributed by atoms with Gasteiger partial charge in [-0.05, 0) is 22.9 Å². The summed E-state index contributed by atoms with van der Waals surface area (Å²) < 4.78 is 0. The Morgan fingerprint density at radius 2 is 1.80 bits per heavy atom. The van der Waals surface area contributed by atoms with Crippen LogP contribution in [-0.2, 0) is 0 Å². The Labute approximate surface area is 87.2 Å². The molecule has 0 aliphatic heterocycles. The lowest BCUT2D eigenvalue weighted by Crippen LogP contribution is -1.97. The van der Waals surface area contributed by atoms with Gasteiger partial charge in [0.1, 0.15) is 0 Å². The average Bonchev–Trinajstić information content (AvgIpc) is 2.27. The normalized spacial score (nSPS) is 9.80. The van der Waals surface area contributed by atoms with Crippen LogP contribution in [0.5, 0.6) is 0 Å². The van der Waals surface area contributed by atoms with Crippen LogP contribution < -0.4 is 0 Å². The van der Waals surface area contributed by atoms with Gasteiger partial charge in [0.15, 0.2) is 0 Å². The van der Waals surface area contributed by atoms with Gasteiger partial charge >= 0.3 is 5.97 Å². The van der Waals surface area contributed by atoms with E-state index < -0.39 is 5.97 Å². The summed E-state index contributed by atoms with van der Waals surface area (Å²) >= 11 is 0. The van der Waals surface area contributed by atoms with Crippen LogP contribution in [0.25, 0.3) is 10.8 Å². The van der Waals surface area contributed by atoms with Crippen LogP contribution >= 0.6 is 0 Å². The fourth-order valence-corrected chi connectivity index (χ4v) is 1.61. The molecular formula is C13H8O2. The number of carboxylic acid groups (broad SMARTS) is 1. The first-order valence-electron chi connectivity index (χ1n) is 4.45. The maximum absolute atomic E-state index is 11.0. The molecular weight excluding hydrogens is 188 g/mol. The summed E-state index contributed by atoms with van der Waals surface area (Å²) in [4.78, 5) is 11.0. The van der Waals surface area contributed by atoms with Crippen LogP contribution in [-0.4, -0.2) is 11.1 Å². The molecule has 2 heteroatoms. The first-order chi connectivity index (χ1) is 7.24. The molecule has 1 N–H and O–H groups in total. The standard InChI is InChI=1S/C13H8O2/c1-2-9-7-8-12(13(14)15)11-6-4-3-5-10(9)11/h1,3-8H,(H,14,15). The van der Waals surface area contributed by atoms with Crippen LogP contribution in [0.4, 0.5) is 0 Å². The Morgan fingerprint density at radius 1 is 1.13 bits per heavy atom. The van der Waals surface area contributed by atoms with Gasteiger partial charge in [-0.3, -0.25) is 0 Å². The maximum atomic E-state index is 11.0. The largest absolute Gasteiger partial charge is 0.478 e. The van der Waals surface area contributed by atoms with Gasteiger partial charge in [-0.2, -0.15) is 0 Å². The summed E-state index contributed by atoms with van der Waals surface area (Å²) in [5.74, 6) is 1.61. The Hall–Kier alpha value is -2.27. The van der Waals surface area contributed by atoms with E-state index in [2.05, 4.69) is 5.92 Å². The number of terminal acetylenes is 1. The second-order valence-electron chi connectivity index (χ2n) is 3.16. The number of carboxylic acids is 1. The Morgan fingerprint density at radius 3 is 2.40 bits per heavy atom. The van der Waals surface area contributed by atoms with Gasteiger partial charge < -0.3 is 5.11 Å². The van der Waals surface area contributed by atoms with Crippen molar-refractivity contribution in [2.75, 3.05) is 0 Å². The highest BCUT2D eigenvalue weighted by atomic mass is 16.4. The maximum Gasteiger partial charge on any atom is 0.336 e. The molecule has 0 unspecified atom stereocenters. The van der Waals surface area contributed by atoms with Crippen molar-refractivity contribution >= 4 is 16.7 Å². The predicted molar refractivity (Wildman–Crippen MR) is 58.8 cm³/mol. The molecule has 0 amide bonds. The minimum atomic E-state index is -0.935. The molecule has 0 saturated carbocycles. The fourth-order valence-electron chi connectivity index (χ4n) is 1.61. The Balaban J connectivity index is 2.91. The molecule has 0 atom stereocenters. The molecule has 0 spiro atoms. The molecule has 15 heavy (non-hydrogen) atoms. The molecule has 0 saturated heterocycles. The average molecular weight is 196 g/mol. The zero-order chi connectivity index (χ0) is 10.8. The highest BCUT2D eigenvalue weighted by Gasteiger charge is 2.09. The highest BCUT2D eigenvalue weighted by Crippen LogP contribution is 2.22. The number of benzene rings is 2. The molecule has 0 bridgehead atoms. The third kappa shape index (κ3) is 1.44. The van der Waals surface area contributed by atoms with E-state index >= 15 is 0 Å². The van der Waals surface area contributed by atoms with E-state index in [1.54, 1.807) is 24.3 Å². The van der Waals surface area contributed by atoms with Crippen LogP contribution in [0.15, 0.2) is 36.4 Å². The van der Waals surface area contributed by atoms with Gasteiger partial charge in [0.2, 0.25) is 0 Å². The summed E-state index contributed by atoms with van der Waals surface area (Å²) in [7, 11) is 0. The van der Waals surface area contributed by atoms with Gasteiger partial charge in [-0.15, -0.1) is 6.42 Å². The summed E-state index contributed by atoms with van der Waals surface area (Å²) in [5, 5.41) is 10.5. The van der Waals surface area contributed by atoms with E-state index in [1.165, 1.54) is 0 Å². The first kappa shape index (κ1) is 9.29. The molecule has 2 nitrogen and oxygen atoms in total. The Bertz CT molecular complexity index is 577. The van der Waals surface area contributed by atoms with Crippen molar-refractivity contribution in [1.29, 1.82) is 0 Å². The van der Waals surface area contributed by atoms with Gasteiger partial charge in [-0.1, -0.05) is 30.2 Å². The SMILES string of the molecule is C#Cc1ccc(C(=O)O)c2ccccc12. The number of rotatable bonds is 1. The van der Waals surface area contributed by atoms with Gasteiger partial charge in [0.25, 0.3) is 0 Å². The number of carbonyl (C=O) groups is 1. The summed E-state index contributed by atoms with van der Waals surface area (Å²) in [6, 6.07) is 10.4. The van der Waals surface area contributed by atoms with E-state index in [-0.39, 0.29) is 5.56 Å². The lowest BCUT2D eigenvalue weighted by Gasteiger charge is -2.04. The van der Waals surface area contributed by atoms with Gasteiger partial charge in [0.05, 0.1) is 5.56 Å². The van der Waals surface area contributed by atoms with Gasteiger partial charge in [0, 0.05) is 5.56 Å². The molecule has 0 fully saturated rings. The van der Waals surface area contributed by atoms with E-state index in [0.717, 1.165) is 10.9 Å². The molecule has 72 valence electrons. The molecule has 0 radical (unpaired) electrons. The summed E-state index contributed by atoms with van der Waals surface area (Å²) in [5.41, 5.74) is 1.00. The smallest absolute Gasteiger partial charge is 0.336 e.